The van der Waals surface area contributed by atoms with E-state index in [0.29, 0.717) is 26.9 Å². The highest BCUT2D eigenvalue weighted by atomic mass is 35.5. The van der Waals surface area contributed by atoms with E-state index in [4.69, 9.17) is 39.5 Å². The van der Waals surface area contributed by atoms with E-state index in [2.05, 4.69) is 0 Å². The monoisotopic (exact) mass is 314 g/mol. The predicted octanol–water partition coefficient (Wildman–Crippen LogP) is 4.95. The van der Waals surface area contributed by atoms with Gasteiger partial charge in [0.15, 0.2) is 0 Å². The van der Waals surface area contributed by atoms with Gasteiger partial charge in [-0.15, -0.1) is 0 Å². The third kappa shape index (κ3) is 3.63. The molecule has 2 rings (SSSR count). The average molecular weight is 316 g/mol. The molecule has 0 radical (unpaired) electrons. The Balaban J connectivity index is 2.17. The number of rotatable bonds is 4. The van der Waals surface area contributed by atoms with Crippen LogP contribution < -0.4 is 4.74 Å². The van der Waals surface area contributed by atoms with Gasteiger partial charge in [0, 0.05) is 16.1 Å². The van der Waals surface area contributed by atoms with Crippen molar-refractivity contribution in [3.8, 4) is 5.75 Å². The van der Waals surface area contributed by atoms with Crippen LogP contribution >= 0.6 is 34.8 Å². The van der Waals surface area contributed by atoms with E-state index in [1.165, 1.54) is 0 Å². The van der Waals surface area contributed by atoms with E-state index in [1.54, 1.807) is 36.4 Å². The van der Waals surface area contributed by atoms with Crippen LogP contribution in [-0.4, -0.2) is 5.24 Å². The molecule has 0 spiro atoms. The first-order valence-corrected chi connectivity index (χ1v) is 6.57. The van der Waals surface area contributed by atoms with Crippen LogP contribution in [0.2, 0.25) is 10.0 Å². The summed E-state index contributed by atoms with van der Waals surface area (Å²) in [6.45, 7) is 0.204. The molecule has 2 nitrogen and oxygen atoms in total. The SMILES string of the molecule is O=C(Cl)c1ccccc1COc1ccc(Cl)cc1Cl. The van der Waals surface area contributed by atoms with Crippen LogP contribution in [0.4, 0.5) is 0 Å². The van der Waals surface area contributed by atoms with Gasteiger partial charge in [-0.1, -0.05) is 41.4 Å². The molecule has 0 bridgehead atoms. The Labute approximate surface area is 125 Å². The molecular formula is C14H9Cl3O2. The van der Waals surface area contributed by atoms with Crippen molar-refractivity contribution in [2.24, 2.45) is 0 Å². The van der Waals surface area contributed by atoms with E-state index < -0.39 is 5.24 Å². The maximum atomic E-state index is 11.3. The normalized spacial score (nSPS) is 10.3. The van der Waals surface area contributed by atoms with Gasteiger partial charge in [-0.05, 0) is 35.9 Å². The fourth-order valence-corrected chi connectivity index (χ4v) is 2.23. The lowest BCUT2D eigenvalue weighted by Crippen LogP contribution is -2.02. The summed E-state index contributed by atoms with van der Waals surface area (Å²) in [4.78, 5) is 11.3. The van der Waals surface area contributed by atoms with Gasteiger partial charge in [-0.3, -0.25) is 4.79 Å². The molecular weight excluding hydrogens is 307 g/mol. The average Bonchev–Trinajstić information content (AvgIpc) is 2.38. The molecule has 0 unspecified atom stereocenters. The Morgan fingerprint density at radius 3 is 2.53 bits per heavy atom. The summed E-state index contributed by atoms with van der Waals surface area (Å²) in [6, 6.07) is 11.9. The number of hydrogen-bond acceptors (Lipinski definition) is 2. The van der Waals surface area contributed by atoms with Crippen molar-refractivity contribution in [2.75, 3.05) is 0 Å². The van der Waals surface area contributed by atoms with Gasteiger partial charge in [-0.2, -0.15) is 0 Å². The molecule has 0 heterocycles. The van der Waals surface area contributed by atoms with Crippen LogP contribution in [0.1, 0.15) is 15.9 Å². The van der Waals surface area contributed by atoms with E-state index >= 15 is 0 Å². The molecule has 0 aromatic heterocycles. The summed E-state index contributed by atoms with van der Waals surface area (Å²) in [5.74, 6) is 0.503. The van der Waals surface area contributed by atoms with E-state index in [9.17, 15) is 4.79 Å². The van der Waals surface area contributed by atoms with Gasteiger partial charge in [0.05, 0.1) is 5.02 Å². The second-order valence-corrected chi connectivity index (χ2v) is 4.98. The summed E-state index contributed by atoms with van der Waals surface area (Å²) >= 11 is 17.3. The first kappa shape index (κ1) is 14.2. The quantitative estimate of drug-likeness (QED) is 0.746. The minimum absolute atomic E-state index is 0.204. The molecule has 0 aliphatic carbocycles. The van der Waals surface area contributed by atoms with Gasteiger partial charge >= 0.3 is 0 Å². The van der Waals surface area contributed by atoms with Crippen molar-refractivity contribution in [2.45, 2.75) is 6.61 Å². The second kappa shape index (κ2) is 6.29. The van der Waals surface area contributed by atoms with E-state index in [0.717, 1.165) is 0 Å². The molecule has 0 aliphatic rings. The van der Waals surface area contributed by atoms with Crippen molar-refractivity contribution in [1.29, 1.82) is 0 Å². The van der Waals surface area contributed by atoms with Crippen LogP contribution in [0, 0.1) is 0 Å². The van der Waals surface area contributed by atoms with Crippen molar-refractivity contribution >= 4 is 40.0 Å². The van der Waals surface area contributed by atoms with Gasteiger partial charge in [0.25, 0.3) is 5.24 Å². The third-order valence-corrected chi connectivity index (χ3v) is 3.24. The highest BCUT2D eigenvalue weighted by Gasteiger charge is 2.09. The standard InChI is InChI=1S/C14H9Cl3O2/c15-10-5-6-13(12(16)7-10)19-8-9-3-1-2-4-11(9)14(17)18/h1-7H,8H2. The largest absolute Gasteiger partial charge is 0.487 e. The molecule has 0 saturated heterocycles. The van der Waals surface area contributed by atoms with E-state index in [-0.39, 0.29) is 6.61 Å². The second-order valence-electron chi connectivity index (χ2n) is 3.79. The molecule has 2 aromatic rings. The number of carbonyl (C=O) groups is 1. The lowest BCUT2D eigenvalue weighted by atomic mass is 10.1. The zero-order valence-corrected chi connectivity index (χ0v) is 12.0. The Morgan fingerprint density at radius 2 is 1.84 bits per heavy atom. The van der Waals surface area contributed by atoms with Crippen molar-refractivity contribution in [1.82, 2.24) is 0 Å². The Hall–Kier alpha value is -1.22. The number of benzene rings is 2. The predicted molar refractivity (Wildman–Crippen MR) is 77.4 cm³/mol. The molecule has 2 aromatic carbocycles. The number of hydrogen-bond donors (Lipinski definition) is 0. The minimum atomic E-state index is -0.513. The highest BCUT2D eigenvalue weighted by Crippen LogP contribution is 2.28. The van der Waals surface area contributed by atoms with Crippen LogP contribution in [-0.2, 0) is 6.61 Å². The molecule has 0 aliphatic heterocycles. The van der Waals surface area contributed by atoms with Crippen LogP contribution in [0.5, 0.6) is 5.75 Å². The maximum absolute atomic E-state index is 11.3. The summed E-state index contributed by atoms with van der Waals surface area (Å²) < 4.78 is 5.57. The Kier molecular flexibility index (Phi) is 4.70. The smallest absolute Gasteiger partial charge is 0.252 e. The summed E-state index contributed by atoms with van der Waals surface area (Å²) in [7, 11) is 0. The first-order chi connectivity index (χ1) is 9.08. The first-order valence-electron chi connectivity index (χ1n) is 5.43. The molecule has 0 N–H and O–H groups in total. The topological polar surface area (TPSA) is 26.3 Å². The summed E-state index contributed by atoms with van der Waals surface area (Å²) in [6.07, 6.45) is 0. The molecule has 5 heteroatoms. The van der Waals surface area contributed by atoms with Gasteiger partial charge in [0.1, 0.15) is 12.4 Å². The Morgan fingerprint density at radius 1 is 1.11 bits per heavy atom. The lowest BCUT2D eigenvalue weighted by molar-refractivity contribution is 0.107. The van der Waals surface area contributed by atoms with Crippen molar-refractivity contribution in [3.63, 3.8) is 0 Å². The number of carbonyl (C=O) groups excluding carboxylic acids is 1. The number of ether oxygens (including phenoxy) is 1. The molecule has 0 saturated carbocycles. The molecule has 0 amide bonds. The fraction of sp³-hybridized carbons (Fsp3) is 0.0714. The van der Waals surface area contributed by atoms with Crippen LogP contribution in [0.3, 0.4) is 0 Å². The van der Waals surface area contributed by atoms with E-state index in [1.807, 2.05) is 6.07 Å². The van der Waals surface area contributed by atoms with Gasteiger partial charge < -0.3 is 4.74 Å². The van der Waals surface area contributed by atoms with Crippen molar-refractivity contribution in [3.05, 3.63) is 63.6 Å². The summed E-state index contributed by atoms with van der Waals surface area (Å²) in [5, 5.41) is 0.442. The van der Waals surface area contributed by atoms with Gasteiger partial charge in [-0.25, -0.2) is 0 Å². The molecule has 0 atom stereocenters. The molecule has 19 heavy (non-hydrogen) atoms. The molecule has 98 valence electrons. The minimum Gasteiger partial charge on any atom is -0.487 e. The zero-order chi connectivity index (χ0) is 13.8. The van der Waals surface area contributed by atoms with Crippen molar-refractivity contribution < 1.29 is 9.53 Å². The van der Waals surface area contributed by atoms with Crippen LogP contribution in [0.15, 0.2) is 42.5 Å². The Bertz CT molecular complexity index is 611. The highest BCUT2D eigenvalue weighted by molar-refractivity contribution is 6.67. The zero-order valence-electron chi connectivity index (χ0n) is 9.70. The summed E-state index contributed by atoms with van der Waals surface area (Å²) in [5.41, 5.74) is 1.13. The lowest BCUT2D eigenvalue weighted by Gasteiger charge is -2.10. The third-order valence-electron chi connectivity index (χ3n) is 2.51. The fourth-order valence-electron chi connectivity index (χ4n) is 1.59. The van der Waals surface area contributed by atoms with Crippen LogP contribution in [0.25, 0.3) is 0 Å². The van der Waals surface area contributed by atoms with Gasteiger partial charge in [0.2, 0.25) is 0 Å². The maximum Gasteiger partial charge on any atom is 0.252 e. The number of halogens is 3. The molecule has 0 fully saturated rings.